The van der Waals surface area contributed by atoms with E-state index in [-0.39, 0.29) is 12.3 Å². The van der Waals surface area contributed by atoms with Crippen LogP contribution in [0.15, 0.2) is 141 Å². The molecule has 0 bridgehead atoms. The fourth-order valence-corrected chi connectivity index (χ4v) is 11.4. The number of anilines is 5. The smallest absolute Gasteiger partial charge is 0.333 e. The highest BCUT2D eigenvalue weighted by Crippen LogP contribution is 2.60. The molecule has 0 aliphatic carbocycles. The van der Waals surface area contributed by atoms with Gasteiger partial charge < -0.3 is 9.71 Å². The maximum atomic E-state index is 2.69. The minimum Gasteiger partial charge on any atom is -0.374 e. The molecule has 0 amide bonds. The molecule has 8 aromatic carbocycles. The summed E-state index contributed by atoms with van der Waals surface area (Å²) in [5.74, 6) is 0. The Bertz CT molecular complexity index is 2780. The van der Waals surface area contributed by atoms with Crippen molar-refractivity contribution in [3.05, 3.63) is 127 Å². The maximum absolute atomic E-state index is 2.69. The van der Waals surface area contributed by atoms with Crippen LogP contribution in [0.2, 0.25) is 0 Å². The third kappa shape index (κ3) is 3.29. The van der Waals surface area contributed by atoms with Gasteiger partial charge in [-0.15, -0.1) is 0 Å². The zero-order valence-electron chi connectivity index (χ0n) is 27.3. The average molecular weight is 661 g/mol. The Hall–Kier alpha value is -4.84. The van der Waals surface area contributed by atoms with E-state index < -0.39 is 0 Å². The highest BCUT2D eigenvalue weighted by Gasteiger charge is 2.50. The highest BCUT2D eigenvalue weighted by atomic mass is 32.2. The fraction of sp³-hybridized carbons (Fsp3) is 0.0909. The first-order valence-corrected chi connectivity index (χ1v) is 18.8. The number of para-hydroxylation sites is 4. The lowest BCUT2D eigenvalue weighted by atomic mass is 9.43. The summed E-state index contributed by atoms with van der Waals surface area (Å²) in [7, 11) is 0. The van der Waals surface area contributed by atoms with Crippen molar-refractivity contribution < 1.29 is 0 Å². The van der Waals surface area contributed by atoms with Crippen molar-refractivity contribution >= 4 is 102 Å². The molecule has 0 atom stereocenters. The molecule has 5 heteroatoms. The van der Waals surface area contributed by atoms with Crippen molar-refractivity contribution in [3.63, 3.8) is 0 Å². The van der Waals surface area contributed by atoms with Gasteiger partial charge in [0.25, 0.3) is 0 Å². The summed E-state index contributed by atoms with van der Waals surface area (Å²) >= 11 is 3.82. The van der Waals surface area contributed by atoms with Gasteiger partial charge in [0, 0.05) is 41.6 Å². The van der Waals surface area contributed by atoms with Gasteiger partial charge in [0.15, 0.2) is 0 Å². The van der Waals surface area contributed by atoms with E-state index in [1.165, 1.54) is 108 Å². The molecule has 49 heavy (non-hydrogen) atoms. The summed E-state index contributed by atoms with van der Waals surface area (Å²) < 4.78 is 0. The lowest BCUT2D eigenvalue weighted by Crippen LogP contribution is -2.62. The van der Waals surface area contributed by atoms with E-state index in [0.29, 0.717) is 0 Å². The molecule has 0 spiro atoms. The molecular formula is C44H29BN2S2. The van der Waals surface area contributed by atoms with E-state index in [1.54, 1.807) is 0 Å². The molecule has 8 aromatic rings. The van der Waals surface area contributed by atoms with E-state index in [4.69, 9.17) is 0 Å². The number of fused-ring (bicyclic) bond motifs is 10. The van der Waals surface area contributed by atoms with Crippen LogP contribution in [0.5, 0.6) is 0 Å². The van der Waals surface area contributed by atoms with Crippen LogP contribution >= 0.6 is 23.5 Å². The van der Waals surface area contributed by atoms with Crippen molar-refractivity contribution in [2.75, 3.05) is 9.71 Å². The number of hydrogen-bond donors (Lipinski definition) is 0. The molecule has 0 saturated heterocycles. The van der Waals surface area contributed by atoms with Crippen LogP contribution in [0.1, 0.15) is 26.3 Å². The number of rotatable bonds is 0. The molecule has 0 N–H and O–H groups in total. The zero-order chi connectivity index (χ0) is 32.3. The first kappa shape index (κ1) is 27.0. The molecule has 0 unspecified atom stereocenters. The van der Waals surface area contributed by atoms with Crippen LogP contribution in [-0.4, -0.2) is 6.85 Å². The molecule has 0 radical (unpaired) electrons. The molecule has 12 rings (SSSR count). The average Bonchev–Trinajstić information content (AvgIpc) is 3.12. The second-order valence-electron chi connectivity index (χ2n) is 14.9. The van der Waals surface area contributed by atoms with E-state index in [9.17, 15) is 0 Å². The number of benzene rings is 8. The van der Waals surface area contributed by atoms with Gasteiger partial charge in [-0.3, -0.25) is 0 Å². The first-order valence-electron chi connectivity index (χ1n) is 17.1. The van der Waals surface area contributed by atoms with Gasteiger partial charge in [0.1, 0.15) is 0 Å². The standard InChI is InChI=1S/C44H29BN2S2/c1-44(2,3)26-22-24-18-20-27-38-29(21-19-25(23-26)37(24)38)42-40-39(27)28-10-8-16-35-41(28)47(32-13-5-7-15-34(32)49-35)45(40)30-11-9-17-36-43(30)46(42)31-12-4-6-14-33(31)48-36/h4-23H,1-3H3. The van der Waals surface area contributed by atoms with Crippen LogP contribution in [0, 0.1) is 0 Å². The van der Waals surface area contributed by atoms with Crippen LogP contribution in [0.25, 0.3) is 43.4 Å². The summed E-state index contributed by atoms with van der Waals surface area (Å²) in [5, 5.41) is 8.11. The van der Waals surface area contributed by atoms with Crippen molar-refractivity contribution in [2.45, 2.75) is 45.8 Å². The van der Waals surface area contributed by atoms with Crippen molar-refractivity contribution in [2.24, 2.45) is 0 Å². The molecule has 2 nitrogen and oxygen atoms in total. The normalized spacial score (nSPS) is 15.0. The lowest BCUT2D eigenvalue weighted by molar-refractivity contribution is 0.591. The predicted octanol–water partition coefficient (Wildman–Crippen LogP) is 11.5. The highest BCUT2D eigenvalue weighted by molar-refractivity contribution is 8.00. The Labute approximate surface area is 294 Å². The van der Waals surface area contributed by atoms with Gasteiger partial charge in [-0.25, -0.2) is 0 Å². The quantitative estimate of drug-likeness (QED) is 0.118. The van der Waals surface area contributed by atoms with Crippen LogP contribution in [-0.2, 0) is 5.41 Å². The van der Waals surface area contributed by atoms with Crippen molar-refractivity contribution in [3.8, 4) is 11.1 Å². The van der Waals surface area contributed by atoms with E-state index >= 15 is 0 Å². The predicted molar refractivity (Wildman–Crippen MR) is 211 cm³/mol. The Morgan fingerprint density at radius 2 is 1.18 bits per heavy atom. The monoisotopic (exact) mass is 660 g/mol. The van der Waals surface area contributed by atoms with Crippen LogP contribution < -0.4 is 20.6 Å². The largest absolute Gasteiger partial charge is 0.374 e. The Balaban J connectivity index is 1.32. The molecule has 0 saturated carbocycles. The Morgan fingerprint density at radius 3 is 1.94 bits per heavy atom. The molecule has 4 aliphatic rings. The summed E-state index contributed by atoms with van der Waals surface area (Å²) in [6.07, 6.45) is 0. The zero-order valence-corrected chi connectivity index (χ0v) is 29.0. The summed E-state index contributed by atoms with van der Waals surface area (Å²) in [6.45, 7) is 7.00. The minimum absolute atomic E-state index is 0.0344. The molecule has 0 aromatic heterocycles. The van der Waals surface area contributed by atoms with Gasteiger partial charge in [-0.1, -0.05) is 129 Å². The SMILES string of the molecule is CC(C)(C)c1cc2ccc3c4c5c(c6ccc(c1)c2c36)N1c2ccccc2Sc2cccc(c21)B5N1c2ccccc2Sc2cccc-4c21. The summed E-state index contributed by atoms with van der Waals surface area (Å²) in [6, 6.07) is 46.5. The van der Waals surface area contributed by atoms with Gasteiger partial charge >= 0.3 is 6.85 Å². The fourth-order valence-electron chi connectivity index (χ4n) is 9.22. The summed E-state index contributed by atoms with van der Waals surface area (Å²) in [4.78, 5) is 10.6. The van der Waals surface area contributed by atoms with E-state index in [1.807, 2.05) is 23.5 Å². The number of hydrogen-bond acceptors (Lipinski definition) is 4. The molecule has 4 heterocycles. The number of nitrogens with zero attached hydrogens (tertiary/aromatic N) is 2. The third-order valence-electron chi connectivity index (χ3n) is 11.2. The maximum Gasteiger partial charge on any atom is 0.333 e. The Kier molecular flexibility index (Phi) is 4.99. The molecule has 4 aliphatic heterocycles. The van der Waals surface area contributed by atoms with Gasteiger partial charge in [-0.05, 0) is 85.4 Å². The van der Waals surface area contributed by atoms with Crippen molar-refractivity contribution in [1.82, 2.24) is 0 Å². The van der Waals surface area contributed by atoms with Crippen molar-refractivity contribution in [1.29, 1.82) is 0 Å². The lowest BCUT2D eigenvalue weighted by Gasteiger charge is -2.49. The van der Waals surface area contributed by atoms with Crippen LogP contribution in [0.3, 0.4) is 0 Å². The van der Waals surface area contributed by atoms with Gasteiger partial charge in [-0.2, -0.15) is 0 Å². The van der Waals surface area contributed by atoms with Crippen LogP contribution in [0.4, 0.5) is 28.4 Å². The van der Waals surface area contributed by atoms with Gasteiger partial charge in [0.05, 0.1) is 22.7 Å². The topological polar surface area (TPSA) is 6.48 Å². The molecular weight excluding hydrogens is 631 g/mol. The molecule has 230 valence electrons. The first-order chi connectivity index (χ1) is 24.0. The second kappa shape index (κ2) is 9.03. The van der Waals surface area contributed by atoms with E-state index in [0.717, 1.165) is 0 Å². The minimum atomic E-state index is 0.0344. The van der Waals surface area contributed by atoms with Gasteiger partial charge in [0.2, 0.25) is 0 Å². The third-order valence-corrected chi connectivity index (χ3v) is 13.5. The molecule has 0 fully saturated rings. The van der Waals surface area contributed by atoms with E-state index in [2.05, 4.69) is 152 Å². The second-order valence-corrected chi connectivity index (χ2v) is 17.0. The Morgan fingerprint density at radius 1 is 0.551 bits per heavy atom. The summed E-state index contributed by atoms with van der Waals surface area (Å²) in [5.41, 5.74) is 13.5.